The van der Waals surface area contributed by atoms with Crippen molar-refractivity contribution in [1.29, 1.82) is 0 Å². The summed E-state index contributed by atoms with van der Waals surface area (Å²) in [5.41, 5.74) is 7.48. The number of rotatable bonds is 4. The van der Waals surface area contributed by atoms with Crippen LogP contribution >= 0.6 is 11.8 Å². The first-order valence-electron chi connectivity index (χ1n) is 7.06. The summed E-state index contributed by atoms with van der Waals surface area (Å²) in [5, 5.41) is 0.993. The summed E-state index contributed by atoms with van der Waals surface area (Å²) in [6.45, 7) is 1.98. The second kappa shape index (κ2) is 6.26. The Morgan fingerprint density at radius 1 is 1.17 bits per heavy atom. The predicted molar refractivity (Wildman–Crippen MR) is 92.0 cm³/mol. The van der Waals surface area contributed by atoms with E-state index in [1.54, 1.807) is 18.2 Å². The van der Waals surface area contributed by atoms with E-state index in [4.69, 9.17) is 5.73 Å². The average molecular weight is 325 g/mol. The van der Waals surface area contributed by atoms with Gasteiger partial charge in [0, 0.05) is 0 Å². The Morgan fingerprint density at radius 3 is 2.57 bits per heavy atom. The van der Waals surface area contributed by atoms with Gasteiger partial charge in [-0.05, 0) is 31.2 Å². The zero-order valence-electron chi connectivity index (χ0n) is 12.5. The highest BCUT2D eigenvalue weighted by atomic mass is 32.2. The maximum Gasteiger partial charge on any atom is 0.266 e. The first-order chi connectivity index (χ1) is 11.1. The van der Waals surface area contributed by atoms with Gasteiger partial charge in [-0.2, -0.15) is 0 Å². The average Bonchev–Trinajstić information content (AvgIpc) is 2.54. The Morgan fingerprint density at radius 2 is 1.87 bits per heavy atom. The monoisotopic (exact) mass is 325 g/mol. The number of carbonyl (C=O) groups excluding carboxylic acids is 1. The highest BCUT2D eigenvalue weighted by Gasteiger charge is 2.13. The van der Waals surface area contributed by atoms with E-state index in [0.29, 0.717) is 21.7 Å². The number of fused-ring (bicyclic) bond motifs is 1. The molecule has 3 aromatic rings. The molecule has 1 aromatic heterocycles. The van der Waals surface area contributed by atoms with Crippen LogP contribution in [-0.2, 0) is 4.79 Å². The number of primary amides is 1. The smallest absolute Gasteiger partial charge is 0.266 e. The summed E-state index contributed by atoms with van der Waals surface area (Å²) >= 11 is 1.16. The molecule has 0 aliphatic carbocycles. The molecule has 0 radical (unpaired) electrons. The van der Waals surface area contributed by atoms with Gasteiger partial charge >= 0.3 is 0 Å². The summed E-state index contributed by atoms with van der Waals surface area (Å²) in [5.74, 6) is -0.385. The third-order valence-electron chi connectivity index (χ3n) is 3.38. The van der Waals surface area contributed by atoms with Crippen molar-refractivity contribution in [2.75, 3.05) is 5.75 Å². The van der Waals surface area contributed by atoms with Gasteiger partial charge in [0.2, 0.25) is 5.91 Å². The molecular weight excluding hydrogens is 310 g/mol. The standard InChI is InChI=1S/C17H15N3O2S/c1-11-6-8-12(9-7-11)20-16(22)13-4-2-3-5-14(13)19-17(20)23-10-15(18)21/h2-9H,10H2,1H3,(H2,18,21). The summed E-state index contributed by atoms with van der Waals surface area (Å²) in [7, 11) is 0. The second-order valence-corrected chi connectivity index (χ2v) is 6.09. The number of aromatic nitrogens is 2. The minimum atomic E-state index is -0.451. The number of nitrogens with zero attached hydrogens (tertiary/aromatic N) is 2. The number of carbonyl (C=O) groups is 1. The highest BCUT2D eigenvalue weighted by Crippen LogP contribution is 2.21. The SMILES string of the molecule is Cc1ccc(-n2c(SCC(N)=O)nc3ccccc3c2=O)cc1. The molecule has 5 nitrogen and oxygen atoms in total. The largest absolute Gasteiger partial charge is 0.369 e. The van der Waals surface area contributed by atoms with Gasteiger partial charge in [0.1, 0.15) is 0 Å². The Kier molecular flexibility index (Phi) is 4.16. The lowest BCUT2D eigenvalue weighted by atomic mass is 10.2. The number of para-hydroxylation sites is 1. The van der Waals surface area contributed by atoms with Crippen molar-refractivity contribution in [2.24, 2.45) is 5.73 Å². The third kappa shape index (κ3) is 3.12. The Hall–Kier alpha value is -2.60. The van der Waals surface area contributed by atoms with Crippen LogP contribution in [-0.4, -0.2) is 21.2 Å². The van der Waals surface area contributed by atoms with Gasteiger partial charge in [0.25, 0.3) is 5.56 Å². The Bertz CT molecular complexity index is 933. The lowest BCUT2D eigenvalue weighted by Gasteiger charge is -2.13. The molecule has 3 rings (SSSR count). The molecule has 0 aliphatic heterocycles. The molecule has 0 saturated carbocycles. The van der Waals surface area contributed by atoms with Gasteiger partial charge in [-0.15, -0.1) is 0 Å². The van der Waals surface area contributed by atoms with E-state index in [1.807, 2.05) is 37.3 Å². The summed E-state index contributed by atoms with van der Waals surface area (Å²) < 4.78 is 1.52. The van der Waals surface area contributed by atoms with Crippen molar-refractivity contribution in [2.45, 2.75) is 12.1 Å². The number of benzene rings is 2. The normalized spacial score (nSPS) is 10.8. The van der Waals surface area contributed by atoms with Gasteiger partial charge in [-0.3, -0.25) is 14.2 Å². The molecule has 0 unspecified atom stereocenters. The van der Waals surface area contributed by atoms with Crippen LogP contribution in [0.5, 0.6) is 0 Å². The van der Waals surface area contributed by atoms with Crippen molar-refractivity contribution < 1.29 is 4.79 Å². The van der Waals surface area contributed by atoms with Crippen molar-refractivity contribution in [3.05, 3.63) is 64.4 Å². The van der Waals surface area contributed by atoms with Crippen LogP contribution in [0.25, 0.3) is 16.6 Å². The number of hydrogen-bond donors (Lipinski definition) is 1. The van der Waals surface area contributed by atoms with Gasteiger partial charge in [-0.25, -0.2) is 4.98 Å². The quantitative estimate of drug-likeness (QED) is 0.589. The number of nitrogens with two attached hydrogens (primary N) is 1. The number of aryl methyl sites for hydroxylation is 1. The molecule has 2 aromatic carbocycles. The van der Waals surface area contributed by atoms with Crippen LogP contribution in [0.3, 0.4) is 0 Å². The molecule has 0 aliphatic rings. The topological polar surface area (TPSA) is 78.0 Å². The molecule has 0 atom stereocenters. The summed E-state index contributed by atoms with van der Waals surface area (Å²) in [6, 6.07) is 14.7. The van der Waals surface area contributed by atoms with Gasteiger partial charge in [0.15, 0.2) is 5.16 Å². The fourth-order valence-corrected chi connectivity index (χ4v) is 3.02. The first kappa shape index (κ1) is 15.3. The number of amides is 1. The molecule has 1 heterocycles. The minimum Gasteiger partial charge on any atom is -0.369 e. The zero-order valence-corrected chi connectivity index (χ0v) is 13.3. The van der Waals surface area contributed by atoms with E-state index in [1.165, 1.54) is 4.57 Å². The van der Waals surface area contributed by atoms with Crippen molar-refractivity contribution in [3.63, 3.8) is 0 Å². The molecule has 0 spiro atoms. The molecule has 116 valence electrons. The van der Waals surface area contributed by atoms with E-state index < -0.39 is 5.91 Å². The van der Waals surface area contributed by atoms with Crippen LogP contribution in [0.1, 0.15) is 5.56 Å². The molecule has 0 saturated heterocycles. The fraction of sp³-hybridized carbons (Fsp3) is 0.118. The Balaban J connectivity index is 2.25. The minimum absolute atomic E-state index is 0.0661. The maximum absolute atomic E-state index is 12.9. The van der Waals surface area contributed by atoms with Crippen LogP contribution in [0, 0.1) is 6.92 Å². The highest BCUT2D eigenvalue weighted by molar-refractivity contribution is 7.99. The number of thioether (sulfide) groups is 1. The van der Waals surface area contributed by atoms with E-state index in [9.17, 15) is 9.59 Å². The maximum atomic E-state index is 12.9. The first-order valence-corrected chi connectivity index (χ1v) is 8.05. The summed E-state index contributed by atoms with van der Waals surface area (Å²) in [4.78, 5) is 28.5. The molecule has 0 fully saturated rings. The molecule has 6 heteroatoms. The van der Waals surface area contributed by atoms with Gasteiger partial charge in [0.05, 0.1) is 22.3 Å². The molecule has 23 heavy (non-hydrogen) atoms. The molecule has 2 N–H and O–H groups in total. The van der Waals surface area contributed by atoms with Gasteiger partial charge in [-0.1, -0.05) is 41.6 Å². The molecule has 1 amide bonds. The van der Waals surface area contributed by atoms with E-state index in [2.05, 4.69) is 4.98 Å². The molecule has 0 bridgehead atoms. The van der Waals surface area contributed by atoms with Crippen LogP contribution in [0.15, 0.2) is 58.5 Å². The number of hydrogen-bond acceptors (Lipinski definition) is 4. The van der Waals surface area contributed by atoms with Crippen molar-refractivity contribution in [3.8, 4) is 5.69 Å². The van der Waals surface area contributed by atoms with Gasteiger partial charge < -0.3 is 5.73 Å². The van der Waals surface area contributed by atoms with Crippen LogP contribution in [0.4, 0.5) is 0 Å². The zero-order chi connectivity index (χ0) is 16.4. The van der Waals surface area contributed by atoms with E-state index in [0.717, 1.165) is 17.3 Å². The van der Waals surface area contributed by atoms with Crippen LogP contribution < -0.4 is 11.3 Å². The lowest BCUT2D eigenvalue weighted by Crippen LogP contribution is -2.23. The lowest BCUT2D eigenvalue weighted by molar-refractivity contribution is -0.115. The third-order valence-corrected chi connectivity index (χ3v) is 4.34. The van der Waals surface area contributed by atoms with E-state index >= 15 is 0 Å². The van der Waals surface area contributed by atoms with Crippen LogP contribution in [0.2, 0.25) is 0 Å². The summed E-state index contributed by atoms with van der Waals surface area (Å²) in [6.07, 6.45) is 0. The predicted octanol–water partition coefficient (Wildman–Crippen LogP) is 2.27. The van der Waals surface area contributed by atoms with Crippen molar-refractivity contribution in [1.82, 2.24) is 9.55 Å². The Labute approximate surface area is 137 Å². The fourth-order valence-electron chi connectivity index (χ4n) is 2.27. The second-order valence-electron chi connectivity index (χ2n) is 5.14. The molecular formula is C17H15N3O2S. The van der Waals surface area contributed by atoms with E-state index in [-0.39, 0.29) is 11.3 Å². The van der Waals surface area contributed by atoms with Crippen molar-refractivity contribution >= 4 is 28.6 Å².